The van der Waals surface area contributed by atoms with Crippen molar-refractivity contribution in [2.24, 2.45) is 5.73 Å². The first-order valence-electron chi connectivity index (χ1n) is 5.74. The minimum absolute atomic E-state index is 0.171. The summed E-state index contributed by atoms with van der Waals surface area (Å²) in [6.45, 7) is 2.08. The lowest BCUT2D eigenvalue weighted by atomic mass is 9.91. The molecule has 2 aromatic rings. The summed E-state index contributed by atoms with van der Waals surface area (Å²) in [5.41, 5.74) is 8.27. The highest BCUT2D eigenvalue weighted by atomic mass is 32.1. The smallest absolute Gasteiger partial charge is 0.123 e. The first-order valence-corrected chi connectivity index (χ1v) is 6.56. The fourth-order valence-electron chi connectivity index (χ4n) is 2.60. The molecule has 0 saturated carbocycles. The van der Waals surface area contributed by atoms with E-state index < -0.39 is 5.54 Å². The molecule has 1 unspecified atom stereocenters. The zero-order valence-corrected chi connectivity index (χ0v) is 10.5. The molecule has 0 fully saturated rings. The Balaban J connectivity index is 2.13. The molecular weight excluding hydrogens is 233 g/mol. The Hall–Kier alpha value is -1.19. The van der Waals surface area contributed by atoms with Crippen molar-refractivity contribution in [3.63, 3.8) is 0 Å². The monoisotopic (exact) mass is 247 g/mol. The largest absolute Gasteiger partial charge is 0.317 e. The maximum absolute atomic E-state index is 13.2. The van der Waals surface area contributed by atoms with E-state index in [1.54, 1.807) is 17.4 Å². The average molecular weight is 247 g/mol. The Morgan fingerprint density at radius 2 is 2.12 bits per heavy atom. The van der Waals surface area contributed by atoms with Gasteiger partial charge in [-0.2, -0.15) is 0 Å². The summed E-state index contributed by atoms with van der Waals surface area (Å²) < 4.78 is 13.2. The number of hydrogen-bond donors (Lipinski definition) is 1. The molecule has 0 bridgehead atoms. The number of aryl methyl sites for hydroxylation is 2. The number of thiophene rings is 1. The van der Waals surface area contributed by atoms with E-state index in [0.717, 1.165) is 24.0 Å². The van der Waals surface area contributed by atoms with E-state index in [-0.39, 0.29) is 5.82 Å². The lowest BCUT2D eigenvalue weighted by molar-refractivity contribution is 0.545. The molecule has 0 saturated heterocycles. The van der Waals surface area contributed by atoms with E-state index in [1.165, 1.54) is 15.8 Å². The van der Waals surface area contributed by atoms with Crippen LogP contribution in [0.15, 0.2) is 30.3 Å². The third kappa shape index (κ3) is 1.61. The van der Waals surface area contributed by atoms with Crippen LogP contribution in [-0.2, 0) is 12.0 Å². The van der Waals surface area contributed by atoms with Crippen LogP contribution < -0.4 is 5.73 Å². The van der Waals surface area contributed by atoms with Crippen LogP contribution in [0.5, 0.6) is 0 Å². The first-order chi connectivity index (χ1) is 8.09. The molecule has 3 rings (SSSR count). The molecule has 0 aliphatic heterocycles. The van der Waals surface area contributed by atoms with Gasteiger partial charge in [0, 0.05) is 9.75 Å². The molecule has 3 heteroatoms. The fraction of sp³-hybridized carbons (Fsp3) is 0.286. The molecule has 0 spiro atoms. The number of hydrogen-bond acceptors (Lipinski definition) is 2. The number of rotatable bonds is 1. The Bertz CT molecular complexity index is 575. The van der Waals surface area contributed by atoms with E-state index in [1.807, 2.05) is 6.07 Å². The van der Waals surface area contributed by atoms with Crippen LogP contribution in [0.2, 0.25) is 0 Å². The van der Waals surface area contributed by atoms with Gasteiger partial charge in [0.05, 0.1) is 5.54 Å². The number of fused-ring (bicyclic) bond motifs is 1. The van der Waals surface area contributed by atoms with Crippen molar-refractivity contribution in [2.45, 2.75) is 25.3 Å². The molecule has 1 heterocycles. The lowest BCUT2D eigenvalue weighted by Crippen LogP contribution is -2.34. The standard InChI is InChI=1S/C14H14FNS/c1-9-2-5-13(17-9)14(16)7-6-10-8-11(15)3-4-12(10)14/h2-5,8H,6-7,16H2,1H3. The zero-order valence-electron chi connectivity index (χ0n) is 9.66. The summed E-state index contributed by atoms with van der Waals surface area (Å²) in [5.74, 6) is -0.171. The minimum atomic E-state index is -0.415. The Morgan fingerprint density at radius 1 is 1.29 bits per heavy atom. The van der Waals surface area contributed by atoms with Gasteiger partial charge < -0.3 is 5.73 Å². The van der Waals surface area contributed by atoms with Crippen LogP contribution in [0.3, 0.4) is 0 Å². The van der Waals surface area contributed by atoms with Crippen LogP contribution in [0, 0.1) is 12.7 Å². The second-order valence-corrected chi connectivity index (χ2v) is 5.97. The number of halogens is 1. The summed E-state index contributed by atoms with van der Waals surface area (Å²) in [5, 5.41) is 0. The molecule has 0 radical (unpaired) electrons. The van der Waals surface area contributed by atoms with Gasteiger partial charge >= 0.3 is 0 Å². The maximum Gasteiger partial charge on any atom is 0.123 e. The Kier molecular flexibility index (Phi) is 2.35. The van der Waals surface area contributed by atoms with Crippen molar-refractivity contribution < 1.29 is 4.39 Å². The summed E-state index contributed by atoms with van der Waals surface area (Å²) in [6.07, 6.45) is 1.73. The third-order valence-corrected chi connectivity index (χ3v) is 4.69. The van der Waals surface area contributed by atoms with E-state index in [2.05, 4.69) is 19.1 Å². The fourth-order valence-corrected chi connectivity index (χ4v) is 3.61. The summed E-state index contributed by atoms with van der Waals surface area (Å²) in [6, 6.07) is 9.15. The molecule has 1 aromatic heterocycles. The molecule has 1 atom stereocenters. The van der Waals surface area contributed by atoms with E-state index >= 15 is 0 Å². The molecule has 17 heavy (non-hydrogen) atoms. The Labute approximate surface area is 104 Å². The first kappa shape index (κ1) is 10.9. The Morgan fingerprint density at radius 3 is 2.82 bits per heavy atom. The molecule has 2 N–H and O–H groups in total. The lowest BCUT2D eigenvalue weighted by Gasteiger charge is -2.24. The average Bonchev–Trinajstić information content (AvgIpc) is 2.85. The van der Waals surface area contributed by atoms with Crippen molar-refractivity contribution in [3.8, 4) is 0 Å². The second kappa shape index (κ2) is 3.65. The van der Waals surface area contributed by atoms with Gasteiger partial charge in [0.2, 0.25) is 0 Å². The van der Waals surface area contributed by atoms with Crippen molar-refractivity contribution in [3.05, 3.63) is 57.0 Å². The van der Waals surface area contributed by atoms with Crippen LogP contribution in [0.4, 0.5) is 4.39 Å². The number of nitrogens with two attached hydrogens (primary N) is 1. The summed E-state index contributed by atoms with van der Waals surface area (Å²) >= 11 is 1.73. The van der Waals surface area contributed by atoms with Gasteiger partial charge in [-0.25, -0.2) is 4.39 Å². The second-order valence-electron chi connectivity index (χ2n) is 4.68. The topological polar surface area (TPSA) is 26.0 Å². The van der Waals surface area contributed by atoms with Crippen LogP contribution in [0.1, 0.15) is 27.3 Å². The zero-order chi connectivity index (χ0) is 12.0. The predicted molar refractivity (Wildman–Crippen MR) is 68.7 cm³/mol. The van der Waals surface area contributed by atoms with Crippen LogP contribution >= 0.6 is 11.3 Å². The van der Waals surface area contributed by atoms with Crippen molar-refractivity contribution in [1.82, 2.24) is 0 Å². The predicted octanol–water partition coefficient (Wildman–Crippen LogP) is 3.34. The highest BCUT2D eigenvalue weighted by Gasteiger charge is 2.37. The van der Waals surface area contributed by atoms with Gasteiger partial charge in [0.25, 0.3) is 0 Å². The summed E-state index contributed by atoms with van der Waals surface area (Å²) in [4.78, 5) is 2.45. The van der Waals surface area contributed by atoms with E-state index in [4.69, 9.17) is 5.73 Å². The van der Waals surface area contributed by atoms with E-state index in [0.29, 0.717) is 0 Å². The van der Waals surface area contributed by atoms with Crippen molar-refractivity contribution >= 4 is 11.3 Å². The van der Waals surface area contributed by atoms with Gasteiger partial charge in [-0.1, -0.05) is 6.07 Å². The SMILES string of the molecule is Cc1ccc(C2(N)CCc3cc(F)ccc32)s1. The van der Waals surface area contributed by atoms with Crippen molar-refractivity contribution in [1.29, 1.82) is 0 Å². The normalized spacial score (nSPS) is 22.8. The van der Waals surface area contributed by atoms with Gasteiger partial charge in [0.15, 0.2) is 0 Å². The molecule has 1 aliphatic rings. The molecule has 1 aromatic carbocycles. The van der Waals surface area contributed by atoms with Gasteiger partial charge in [-0.05, 0) is 55.2 Å². The van der Waals surface area contributed by atoms with E-state index in [9.17, 15) is 4.39 Å². The molecular formula is C14H14FNS. The van der Waals surface area contributed by atoms with Crippen LogP contribution in [-0.4, -0.2) is 0 Å². The summed E-state index contributed by atoms with van der Waals surface area (Å²) in [7, 11) is 0. The van der Waals surface area contributed by atoms with Gasteiger partial charge in [-0.3, -0.25) is 0 Å². The van der Waals surface area contributed by atoms with Gasteiger partial charge in [-0.15, -0.1) is 11.3 Å². The van der Waals surface area contributed by atoms with Crippen LogP contribution in [0.25, 0.3) is 0 Å². The highest BCUT2D eigenvalue weighted by Crippen LogP contribution is 2.42. The molecule has 1 nitrogen and oxygen atoms in total. The minimum Gasteiger partial charge on any atom is -0.317 e. The van der Waals surface area contributed by atoms with Crippen molar-refractivity contribution in [2.75, 3.05) is 0 Å². The molecule has 88 valence electrons. The molecule has 0 amide bonds. The van der Waals surface area contributed by atoms with Gasteiger partial charge in [0.1, 0.15) is 5.82 Å². The maximum atomic E-state index is 13.2. The third-order valence-electron chi connectivity index (χ3n) is 3.52. The number of benzene rings is 1. The quantitative estimate of drug-likeness (QED) is 0.821. The highest BCUT2D eigenvalue weighted by molar-refractivity contribution is 7.12. The molecule has 1 aliphatic carbocycles.